The largest absolute Gasteiger partial charge is 0.465 e. The molecule has 1 aliphatic rings. The molecule has 1 aromatic carbocycles. The van der Waals surface area contributed by atoms with Crippen LogP contribution in [0.4, 0.5) is 5.69 Å². The van der Waals surface area contributed by atoms with Crippen molar-refractivity contribution in [2.75, 3.05) is 12.4 Å². The molecule has 1 aromatic rings. The first-order valence-electron chi connectivity index (χ1n) is 7.94. The topological polar surface area (TPSA) is 122 Å². The normalized spacial score (nSPS) is 19.5. The van der Waals surface area contributed by atoms with Crippen LogP contribution in [0.2, 0.25) is 0 Å². The molecule has 1 amide bonds. The molecule has 0 aromatic heterocycles. The summed E-state index contributed by atoms with van der Waals surface area (Å²) in [6.07, 6.45) is 0. The Morgan fingerprint density at radius 1 is 1.42 bits per heavy atom. The summed E-state index contributed by atoms with van der Waals surface area (Å²) < 4.78 is 4.98. The number of allylic oxidation sites excluding steroid dienone is 1. The molecular formula is C17H17N3O5S. The summed E-state index contributed by atoms with van der Waals surface area (Å²) >= 11 is 1.23. The lowest BCUT2D eigenvalue weighted by atomic mass is 9.78. The average Bonchev–Trinajstić information content (AvgIpc) is 2.61. The number of carbonyl (C=O) groups is 2. The highest BCUT2D eigenvalue weighted by atomic mass is 32.2. The Balaban J connectivity index is 2.72. The number of thioether (sulfide) groups is 1. The highest BCUT2D eigenvalue weighted by molar-refractivity contribution is 8.03. The maximum absolute atomic E-state index is 12.6. The van der Waals surface area contributed by atoms with Crippen LogP contribution >= 0.6 is 11.8 Å². The van der Waals surface area contributed by atoms with Gasteiger partial charge < -0.3 is 10.1 Å². The minimum atomic E-state index is -1.37. The molecule has 0 unspecified atom stereocenters. The van der Waals surface area contributed by atoms with Crippen LogP contribution in [0.1, 0.15) is 25.3 Å². The molecule has 0 spiro atoms. The van der Waals surface area contributed by atoms with Crippen LogP contribution in [0.3, 0.4) is 0 Å². The number of nitro groups is 1. The quantitative estimate of drug-likeness (QED) is 0.351. The Bertz CT molecular complexity index is 815. The summed E-state index contributed by atoms with van der Waals surface area (Å²) in [7, 11) is 0. The second kappa shape index (κ2) is 8.49. The summed E-state index contributed by atoms with van der Waals surface area (Å²) in [5.41, 5.74) is -0.00458. The highest BCUT2D eigenvalue weighted by Gasteiger charge is 2.46. The molecular weight excluding hydrogens is 358 g/mol. The van der Waals surface area contributed by atoms with Gasteiger partial charge in [-0.05, 0) is 12.7 Å². The molecule has 0 aliphatic carbocycles. The van der Waals surface area contributed by atoms with Gasteiger partial charge in [-0.25, -0.2) is 0 Å². The molecule has 26 heavy (non-hydrogen) atoms. The second-order valence-corrected chi connectivity index (χ2v) is 6.57. The molecule has 8 nitrogen and oxygen atoms in total. The summed E-state index contributed by atoms with van der Waals surface area (Å²) in [4.78, 5) is 35.8. The lowest BCUT2D eigenvalue weighted by molar-refractivity contribution is -0.385. The summed E-state index contributed by atoms with van der Waals surface area (Å²) in [6, 6.07) is 7.81. The van der Waals surface area contributed by atoms with E-state index in [1.54, 1.807) is 13.0 Å². The van der Waals surface area contributed by atoms with Gasteiger partial charge in [0.15, 0.2) is 0 Å². The monoisotopic (exact) mass is 375 g/mol. The molecule has 0 radical (unpaired) electrons. The number of amides is 1. The van der Waals surface area contributed by atoms with Gasteiger partial charge in [-0.1, -0.05) is 25.1 Å². The number of ether oxygens (including phenoxy) is 1. The van der Waals surface area contributed by atoms with Crippen LogP contribution in [0, 0.1) is 27.4 Å². The van der Waals surface area contributed by atoms with Gasteiger partial charge in [0, 0.05) is 11.6 Å². The number of nitro benzene ring substituents is 1. The summed E-state index contributed by atoms with van der Waals surface area (Å²) in [5, 5.41) is 24.0. The van der Waals surface area contributed by atoms with E-state index in [0.717, 1.165) is 0 Å². The second-order valence-electron chi connectivity index (χ2n) is 5.30. The fourth-order valence-corrected chi connectivity index (χ4v) is 3.61. The van der Waals surface area contributed by atoms with E-state index >= 15 is 0 Å². The number of benzene rings is 1. The number of hydrogen-bond acceptors (Lipinski definition) is 7. The van der Waals surface area contributed by atoms with E-state index in [9.17, 15) is 25.0 Å². The van der Waals surface area contributed by atoms with E-state index in [2.05, 4.69) is 5.32 Å². The van der Waals surface area contributed by atoms with Gasteiger partial charge >= 0.3 is 5.97 Å². The molecule has 0 fully saturated rings. The third kappa shape index (κ3) is 3.70. The zero-order chi connectivity index (χ0) is 19.3. The number of carbonyl (C=O) groups excluding carboxylic acids is 2. The van der Waals surface area contributed by atoms with Gasteiger partial charge in [0.1, 0.15) is 5.92 Å². The van der Waals surface area contributed by atoms with Gasteiger partial charge in [-0.3, -0.25) is 19.7 Å². The smallest absolute Gasteiger partial charge is 0.319 e. The molecule has 1 aliphatic heterocycles. The predicted molar refractivity (Wildman–Crippen MR) is 94.9 cm³/mol. The van der Waals surface area contributed by atoms with Crippen molar-refractivity contribution in [2.24, 2.45) is 5.92 Å². The Kier molecular flexibility index (Phi) is 6.36. The van der Waals surface area contributed by atoms with Gasteiger partial charge in [0.05, 0.1) is 34.1 Å². The van der Waals surface area contributed by atoms with E-state index < -0.39 is 28.6 Å². The van der Waals surface area contributed by atoms with E-state index in [-0.39, 0.29) is 23.4 Å². The van der Waals surface area contributed by atoms with Crippen LogP contribution in [0.5, 0.6) is 0 Å². The molecule has 1 N–H and O–H groups in total. The summed E-state index contributed by atoms with van der Waals surface area (Å²) in [6.45, 7) is 3.49. The minimum absolute atomic E-state index is 0.0500. The number of nitriles is 1. The zero-order valence-electron chi connectivity index (χ0n) is 14.2. The number of esters is 1. The highest BCUT2D eigenvalue weighted by Crippen LogP contribution is 2.43. The fraction of sp³-hybridized carbons (Fsp3) is 0.353. The number of nitrogens with one attached hydrogen (secondary N) is 1. The zero-order valence-corrected chi connectivity index (χ0v) is 15.0. The van der Waals surface area contributed by atoms with Gasteiger partial charge in [-0.2, -0.15) is 5.26 Å². The average molecular weight is 375 g/mol. The maximum Gasteiger partial charge on any atom is 0.319 e. The van der Waals surface area contributed by atoms with Crippen molar-refractivity contribution in [2.45, 2.75) is 19.8 Å². The van der Waals surface area contributed by atoms with E-state index in [1.807, 2.05) is 13.0 Å². The van der Waals surface area contributed by atoms with Gasteiger partial charge in [0.25, 0.3) is 5.69 Å². The van der Waals surface area contributed by atoms with Crippen molar-refractivity contribution in [3.8, 4) is 6.07 Å². The first-order valence-corrected chi connectivity index (χ1v) is 8.92. The van der Waals surface area contributed by atoms with Gasteiger partial charge in [0.2, 0.25) is 5.91 Å². The first-order chi connectivity index (χ1) is 12.5. The lowest BCUT2D eigenvalue weighted by Crippen LogP contribution is -2.44. The van der Waals surface area contributed by atoms with Crippen LogP contribution < -0.4 is 5.32 Å². The number of nitrogens with zero attached hydrogens (tertiary/aromatic N) is 2. The SMILES string of the molecule is CCOC(=O)[C@@H]1C(=O)NC(SCC)=C(C#N)[C@H]1c1ccccc1[N+](=O)[O-]. The Morgan fingerprint density at radius 2 is 2.12 bits per heavy atom. The fourth-order valence-electron chi connectivity index (χ4n) is 2.82. The van der Waals surface area contributed by atoms with Crippen molar-refractivity contribution >= 4 is 29.3 Å². The number of rotatable bonds is 6. The van der Waals surface area contributed by atoms with Crippen molar-refractivity contribution in [3.05, 3.63) is 50.5 Å². The predicted octanol–water partition coefficient (Wildman–Crippen LogP) is 2.48. The third-order valence-corrected chi connectivity index (χ3v) is 4.73. The molecule has 2 rings (SSSR count). The van der Waals surface area contributed by atoms with E-state index in [4.69, 9.17) is 4.74 Å². The van der Waals surface area contributed by atoms with E-state index in [0.29, 0.717) is 10.8 Å². The number of para-hydroxylation sites is 1. The molecule has 136 valence electrons. The number of hydrogen-bond donors (Lipinski definition) is 1. The first kappa shape index (κ1) is 19.5. The molecule has 0 saturated heterocycles. The Labute approximate surface area is 154 Å². The van der Waals surface area contributed by atoms with Gasteiger partial charge in [-0.15, -0.1) is 11.8 Å². The third-order valence-electron chi connectivity index (χ3n) is 3.83. The Hall–Kier alpha value is -2.86. The van der Waals surface area contributed by atoms with Crippen LogP contribution in [-0.2, 0) is 14.3 Å². The minimum Gasteiger partial charge on any atom is -0.465 e. The van der Waals surface area contributed by atoms with E-state index in [1.165, 1.54) is 30.0 Å². The van der Waals surface area contributed by atoms with Crippen LogP contribution in [0.15, 0.2) is 34.9 Å². The molecule has 0 saturated carbocycles. The van der Waals surface area contributed by atoms with Crippen molar-refractivity contribution in [3.63, 3.8) is 0 Å². The molecule has 1 heterocycles. The van der Waals surface area contributed by atoms with Crippen molar-refractivity contribution in [1.29, 1.82) is 5.26 Å². The standard InChI is InChI=1S/C17H17N3O5S/c1-3-25-17(22)14-13(10-7-5-6-8-12(10)20(23)24)11(9-18)16(26-4-2)19-15(14)21/h5-8,13-14H,3-4H2,1-2H3,(H,19,21)/t13-,14+/m1/s1. The molecule has 2 atom stereocenters. The Morgan fingerprint density at radius 3 is 2.69 bits per heavy atom. The molecule has 9 heteroatoms. The lowest BCUT2D eigenvalue weighted by Gasteiger charge is -2.30. The maximum atomic E-state index is 12.6. The summed E-state index contributed by atoms with van der Waals surface area (Å²) in [5.74, 6) is -3.33. The van der Waals surface area contributed by atoms with Crippen LogP contribution in [-0.4, -0.2) is 29.2 Å². The molecule has 0 bridgehead atoms. The van der Waals surface area contributed by atoms with Crippen molar-refractivity contribution < 1.29 is 19.2 Å². The van der Waals surface area contributed by atoms with Crippen LogP contribution in [0.25, 0.3) is 0 Å². The van der Waals surface area contributed by atoms with Crippen molar-refractivity contribution in [1.82, 2.24) is 5.32 Å².